The van der Waals surface area contributed by atoms with E-state index in [1.54, 1.807) is 6.08 Å². The van der Waals surface area contributed by atoms with Gasteiger partial charge in [0, 0.05) is 7.05 Å². The SMILES string of the molecule is Cn1c(=O)[nH]c(=O)c2nc(C=Cc3ccccc3)c(=O)[nH]c21. The summed E-state index contributed by atoms with van der Waals surface area (Å²) in [5.41, 5.74) is -0.616. The highest BCUT2D eigenvalue weighted by atomic mass is 16.2. The maximum Gasteiger partial charge on any atom is 0.329 e. The average Bonchev–Trinajstić information content (AvgIpc) is 2.52. The van der Waals surface area contributed by atoms with Gasteiger partial charge in [-0.3, -0.25) is 19.1 Å². The molecule has 0 aliphatic rings. The number of nitrogens with one attached hydrogen (secondary N) is 2. The first kappa shape index (κ1) is 13.7. The molecule has 2 N–H and O–H groups in total. The van der Waals surface area contributed by atoms with Gasteiger partial charge < -0.3 is 4.98 Å². The molecule has 0 fully saturated rings. The van der Waals surface area contributed by atoms with Crippen LogP contribution in [0.1, 0.15) is 11.3 Å². The Labute approximate surface area is 123 Å². The third-order valence-electron chi connectivity index (χ3n) is 3.23. The Morgan fingerprint density at radius 2 is 1.73 bits per heavy atom. The number of H-pyrrole nitrogens is 2. The summed E-state index contributed by atoms with van der Waals surface area (Å²) in [4.78, 5) is 44.1. The normalized spacial score (nSPS) is 11.3. The predicted octanol–water partition coefficient (Wildman–Crippen LogP) is 0.480. The Kier molecular flexibility index (Phi) is 3.30. The van der Waals surface area contributed by atoms with Crippen molar-refractivity contribution in [2.75, 3.05) is 0 Å². The molecular formula is C15H12N4O3. The molecule has 22 heavy (non-hydrogen) atoms. The van der Waals surface area contributed by atoms with Gasteiger partial charge in [-0.15, -0.1) is 0 Å². The Morgan fingerprint density at radius 3 is 2.45 bits per heavy atom. The fraction of sp³-hybridized carbons (Fsp3) is 0.0667. The Balaban J connectivity index is 2.19. The Bertz CT molecular complexity index is 1040. The Hall–Kier alpha value is -3.22. The second kappa shape index (κ2) is 5.28. The first-order valence-corrected chi connectivity index (χ1v) is 6.53. The fourth-order valence-corrected chi connectivity index (χ4v) is 2.05. The van der Waals surface area contributed by atoms with Crippen LogP contribution in [0.25, 0.3) is 23.3 Å². The summed E-state index contributed by atoms with van der Waals surface area (Å²) in [5, 5.41) is 0. The van der Waals surface area contributed by atoms with Gasteiger partial charge in [0.1, 0.15) is 11.3 Å². The monoisotopic (exact) mass is 296 g/mol. The molecule has 0 aliphatic carbocycles. The zero-order valence-corrected chi connectivity index (χ0v) is 11.7. The standard InChI is InChI=1S/C15H12N4O3/c1-19-12-11(14(21)18-15(19)22)16-10(13(20)17-12)8-7-9-5-3-2-4-6-9/h2-8H,1H3,(H,17,20)(H,18,21,22). The van der Waals surface area contributed by atoms with E-state index in [0.29, 0.717) is 0 Å². The number of hydrogen-bond acceptors (Lipinski definition) is 4. The van der Waals surface area contributed by atoms with E-state index in [9.17, 15) is 14.4 Å². The average molecular weight is 296 g/mol. The lowest BCUT2D eigenvalue weighted by Gasteiger charge is -2.03. The molecule has 7 heteroatoms. The first-order valence-electron chi connectivity index (χ1n) is 6.53. The van der Waals surface area contributed by atoms with Gasteiger partial charge in [-0.1, -0.05) is 36.4 Å². The fourth-order valence-electron chi connectivity index (χ4n) is 2.05. The molecule has 0 aliphatic heterocycles. The highest BCUT2D eigenvalue weighted by Gasteiger charge is 2.09. The van der Waals surface area contributed by atoms with Gasteiger partial charge in [0.05, 0.1) is 0 Å². The molecule has 2 aromatic heterocycles. The highest BCUT2D eigenvalue weighted by molar-refractivity contribution is 5.73. The van der Waals surface area contributed by atoms with Crippen molar-refractivity contribution in [1.82, 2.24) is 19.5 Å². The van der Waals surface area contributed by atoms with Gasteiger partial charge in [-0.05, 0) is 11.6 Å². The van der Waals surface area contributed by atoms with Gasteiger partial charge in [-0.2, -0.15) is 0 Å². The highest BCUT2D eigenvalue weighted by Crippen LogP contribution is 2.05. The van der Waals surface area contributed by atoms with Crippen LogP contribution < -0.4 is 16.8 Å². The predicted molar refractivity (Wildman–Crippen MR) is 83.6 cm³/mol. The van der Waals surface area contributed by atoms with Crippen molar-refractivity contribution in [3.63, 3.8) is 0 Å². The van der Waals surface area contributed by atoms with Crippen molar-refractivity contribution in [2.24, 2.45) is 7.05 Å². The van der Waals surface area contributed by atoms with Crippen molar-refractivity contribution in [1.29, 1.82) is 0 Å². The largest absolute Gasteiger partial charge is 0.329 e. The molecule has 0 unspecified atom stereocenters. The summed E-state index contributed by atoms with van der Waals surface area (Å²) in [5.74, 6) is 0. The quantitative estimate of drug-likeness (QED) is 0.718. The molecular weight excluding hydrogens is 284 g/mol. The number of aromatic amines is 2. The molecule has 0 bridgehead atoms. The molecule has 0 saturated carbocycles. The summed E-state index contributed by atoms with van der Waals surface area (Å²) >= 11 is 0. The third-order valence-corrected chi connectivity index (χ3v) is 3.23. The summed E-state index contributed by atoms with van der Waals surface area (Å²) < 4.78 is 1.13. The lowest BCUT2D eigenvalue weighted by Crippen LogP contribution is -2.31. The Morgan fingerprint density at radius 1 is 1.00 bits per heavy atom. The van der Waals surface area contributed by atoms with Gasteiger partial charge >= 0.3 is 5.69 Å². The number of hydrogen-bond donors (Lipinski definition) is 2. The number of aryl methyl sites for hydroxylation is 1. The van der Waals surface area contributed by atoms with Crippen molar-refractivity contribution in [3.05, 3.63) is 72.8 Å². The van der Waals surface area contributed by atoms with Crippen molar-refractivity contribution < 1.29 is 0 Å². The number of rotatable bonds is 2. The summed E-state index contributed by atoms with van der Waals surface area (Å²) in [7, 11) is 1.44. The topological polar surface area (TPSA) is 101 Å². The van der Waals surface area contributed by atoms with E-state index >= 15 is 0 Å². The zero-order chi connectivity index (χ0) is 15.7. The second-order valence-electron chi connectivity index (χ2n) is 4.71. The van der Waals surface area contributed by atoms with Crippen LogP contribution >= 0.6 is 0 Å². The van der Waals surface area contributed by atoms with Crippen LogP contribution in [0.3, 0.4) is 0 Å². The van der Waals surface area contributed by atoms with Gasteiger partial charge in [0.2, 0.25) is 0 Å². The third kappa shape index (κ3) is 2.39. The van der Waals surface area contributed by atoms with Crippen LogP contribution in [0.2, 0.25) is 0 Å². The van der Waals surface area contributed by atoms with Crippen LogP contribution in [0.5, 0.6) is 0 Å². The molecule has 1 aromatic carbocycles. The van der Waals surface area contributed by atoms with Gasteiger partial charge in [0.15, 0.2) is 5.52 Å². The maximum absolute atomic E-state index is 12.0. The summed E-state index contributed by atoms with van der Waals surface area (Å²) in [6.07, 6.45) is 3.25. The minimum Gasteiger partial charge on any atom is -0.305 e. The molecule has 110 valence electrons. The lowest BCUT2D eigenvalue weighted by atomic mass is 10.2. The van der Waals surface area contributed by atoms with Crippen LogP contribution in [-0.2, 0) is 7.05 Å². The molecule has 3 rings (SSSR count). The summed E-state index contributed by atoms with van der Waals surface area (Å²) in [6, 6.07) is 9.39. The second-order valence-corrected chi connectivity index (χ2v) is 4.71. The van der Waals surface area contributed by atoms with E-state index in [-0.39, 0.29) is 16.9 Å². The number of aromatic nitrogens is 4. The van der Waals surface area contributed by atoms with Crippen LogP contribution in [0.15, 0.2) is 44.7 Å². The van der Waals surface area contributed by atoms with Crippen LogP contribution in [0.4, 0.5) is 0 Å². The summed E-state index contributed by atoms with van der Waals surface area (Å²) in [6.45, 7) is 0. The van der Waals surface area contributed by atoms with Gasteiger partial charge in [0.25, 0.3) is 11.1 Å². The van der Waals surface area contributed by atoms with E-state index < -0.39 is 16.8 Å². The molecule has 0 spiro atoms. The number of fused-ring (bicyclic) bond motifs is 1. The van der Waals surface area contributed by atoms with E-state index in [2.05, 4.69) is 15.0 Å². The minimum absolute atomic E-state index is 0.00871. The molecule has 0 atom stereocenters. The minimum atomic E-state index is -0.635. The molecule has 7 nitrogen and oxygen atoms in total. The molecule has 0 amide bonds. The molecule has 2 heterocycles. The molecule has 0 saturated heterocycles. The maximum atomic E-state index is 12.0. The van der Waals surface area contributed by atoms with Crippen LogP contribution in [-0.4, -0.2) is 19.5 Å². The number of benzene rings is 1. The van der Waals surface area contributed by atoms with E-state index in [1.807, 2.05) is 30.3 Å². The van der Waals surface area contributed by atoms with Crippen LogP contribution in [0, 0.1) is 0 Å². The zero-order valence-electron chi connectivity index (χ0n) is 11.7. The smallest absolute Gasteiger partial charge is 0.305 e. The van der Waals surface area contributed by atoms with E-state index in [0.717, 1.165) is 10.1 Å². The number of nitrogens with zero attached hydrogens (tertiary/aromatic N) is 2. The molecule has 3 aromatic rings. The van der Waals surface area contributed by atoms with Crippen molar-refractivity contribution >= 4 is 23.3 Å². The first-order chi connectivity index (χ1) is 10.6. The van der Waals surface area contributed by atoms with Crippen molar-refractivity contribution in [3.8, 4) is 0 Å². The molecule has 0 radical (unpaired) electrons. The van der Waals surface area contributed by atoms with Gasteiger partial charge in [-0.25, -0.2) is 9.78 Å². The van der Waals surface area contributed by atoms with E-state index in [1.165, 1.54) is 13.1 Å². The lowest BCUT2D eigenvalue weighted by molar-refractivity contribution is 0.820. The van der Waals surface area contributed by atoms with Crippen molar-refractivity contribution in [2.45, 2.75) is 0 Å². The van der Waals surface area contributed by atoms with E-state index in [4.69, 9.17) is 0 Å².